The molecule has 0 aliphatic heterocycles. The number of pyridine rings is 1. The third-order valence-corrected chi connectivity index (χ3v) is 2.43. The molecule has 0 bridgehead atoms. The number of amides is 2. The van der Waals surface area contributed by atoms with Crippen LogP contribution in [0.3, 0.4) is 0 Å². The molecule has 114 valence electrons. The van der Waals surface area contributed by atoms with E-state index in [4.69, 9.17) is 15.9 Å². The minimum absolute atomic E-state index is 0.0146. The first-order valence-electron chi connectivity index (χ1n) is 5.89. The zero-order valence-electron chi connectivity index (χ0n) is 11.8. The van der Waals surface area contributed by atoms with Crippen LogP contribution >= 0.6 is 15.9 Å². The van der Waals surface area contributed by atoms with Gasteiger partial charge in [-0.25, -0.2) is 9.78 Å². The molecule has 0 saturated heterocycles. The number of carbonyl (C=O) groups excluding carboxylic acids is 2. The Bertz CT molecular complexity index is 583. The minimum Gasteiger partial charge on any atom is -0.444 e. The molecule has 0 radical (unpaired) electrons. The molecule has 5 N–H and O–H groups in total. The van der Waals surface area contributed by atoms with Gasteiger partial charge in [0.25, 0.3) is 5.91 Å². The van der Waals surface area contributed by atoms with Crippen LogP contribution in [0.1, 0.15) is 31.1 Å². The highest BCUT2D eigenvalue weighted by molar-refractivity contribution is 9.10. The number of nitrogens with two attached hydrogens (primary N) is 1. The van der Waals surface area contributed by atoms with E-state index in [-0.39, 0.29) is 11.4 Å². The Balaban J connectivity index is 2.65. The lowest BCUT2D eigenvalue weighted by atomic mass is 10.2. The van der Waals surface area contributed by atoms with Crippen molar-refractivity contribution in [3.8, 4) is 0 Å². The second kappa shape index (κ2) is 6.53. The quantitative estimate of drug-likeness (QED) is 0.448. The van der Waals surface area contributed by atoms with Crippen molar-refractivity contribution in [2.45, 2.75) is 26.4 Å². The van der Waals surface area contributed by atoms with Gasteiger partial charge in [0.1, 0.15) is 11.4 Å². The first-order chi connectivity index (χ1) is 9.58. The number of ether oxygens (including phenoxy) is 1. The Hall–Kier alpha value is -2.16. The van der Waals surface area contributed by atoms with Crippen LogP contribution in [-0.4, -0.2) is 28.5 Å². The molecule has 1 aromatic heterocycles. The predicted molar refractivity (Wildman–Crippen MR) is 80.9 cm³/mol. The van der Waals surface area contributed by atoms with E-state index in [0.29, 0.717) is 4.47 Å². The highest BCUT2D eigenvalue weighted by Gasteiger charge is 2.19. The smallest absolute Gasteiger partial charge is 0.414 e. The van der Waals surface area contributed by atoms with Crippen molar-refractivity contribution < 1.29 is 14.3 Å². The zero-order valence-corrected chi connectivity index (χ0v) is 13.4. The van der Waals surface area contributed by atoms with Gasteiger partial charge in [0.2, 0.25) is 5.96 Å². The Kier molecular flexibility index (Phi) is 5.25. The van der Waals surface area contributed by atoms with Crippen molar-refractivity contribution in [3.63, 3.8) is 0 Å². The molecule has 1 rings (SSSR count). The van der Waals surface area contributed by atoms with E-state index in [1.165, 1.54) is 12.3 Å². The number of nitrogens with one attached hydrogen (secondary N) is 3. The number of nitrogen functional groups attached to an aromatic ring is 1. The third-order valence-electron chi connectivity index (χ3n) is 1.99. The van der Waals surface area contributed by atoms with Gasteiger partial charge in [-0.3, -0.25) is 20.8 Å². The number of rotatable bonds is 1. The topological polar surface area (TPSA) is 130 Å². The fraction of sp³-hybridized carbons (Fsp3) is 0.333. The van der Waals surface area contributed by atoms with Gasteiger partial charge in [-0.2, -0.15) is 0 Å². The van der Waals surface area contributed by atoms with Crippen LogP contribution in [0.4, 0.5) is 10.6 Å². The molecular formula is C12H16BrN5O3. The molecule has 0 atom stereocenters. The Morgan fingerprint density at radius 2 is 2.00 bits per heavy atom. The standard InChI is InChI=1S/C12H16BrN5O3/c1-12(2,3)21-11(20)18-10(15)17-9(19)7-4-6(13)5-16-8(7)14/h4-5H,1-3H3,(H2,14,16)(H3,15,17,18,19,20). The van der Waals surface area contributed by atoms with Crippen LogP contribution in [0.2, 0.25) is 0 Å². The number of aromatic nitrogens is 1. The van der Waals surface area contributed by atoms with E-state index >= 15 is 0 Å². The van der Waals surface area contributed by atoms with E-state index in [9.17, 15) is 9.59 Å². The average molecular weight is 358 g/mol. The maximum Gasteiger partial charge on any atom is 0.414 e. The van der Waals surface area contributed by atoms with Gasteiger partial charge in [-0.05, 0) is 42.8 Å². The summed E-state index contributed by atoms with van der Waals surface area (Å²) in [7, 11) is 0. The molecule has 1 aromatic rings. The maximum atomic E-state index is 11.9. The normalized spacial score (nSPS) is 10.7. The van der Waals surface area contributed by atoms with E-state index in [1.807, 2.05) is 0 Å². The van der Waals surface area contributed by atoms with E-state index in [0.717, 1.165) is 0 Å². The minimum atomic E-state index is -0.840. The van der Waals surface area contributed by atoms with Crippen LogP contribution < -0.4 is 16.4 Å². The van der Waals surface area contributed by atoms with Gasteiger partial charge in [0.05, 0.1) is 5.56 Å². The first kappa shape index (κ1) is 16.9. The summed E-state index contributed by atoms with van der Waals surface area (Å²) in [4.78, 5) is 27.2. The average Bonchev–Trinajstić information content (AvgIpc) is 2.29. The number of hydrogen-bond acceptors (Lipinski definition) is 6. The second-order valence-corrected chi connectivity index (χ2v) is 5.96. The Morgan fingerprint density at radius 1 is 1.38 bits per heavy atom. The summed E-state index contributed by atoms with van der Waals surface area (Å²) in [5.41, 5.74) is 4.96. The lowest BCUT2D eigenvalue weighted by Crippen LogP contribution is -2.45. The highest BCUT2D eigenvalue weighted by Crippen LogP contribution is 2.15. The van der Waals surface area contributed by atoms with E-state index < -0.39 is 23.6 Å². The summed E-state index contributed by atoms with van der Waals surface area (Å²) >= 11 is 3.16. The molecule has 21 heavy (non-hydrogen) atoms. The number of guanidine groups is 1. The molecule has 0 aromatic carbocycles. The summed E-state index contributed by atoms with van der Waals surface area (Å²) in [6, 6.07) is 1.46. The lowest BCUT2D eigenvalue weighted by molar-refractivity contribution is 0.0561. The number of halogens is 1. The molecule has 9 heteroatoms. The van der Waals surface area contributed by atoms with Gasteiger partial charge in [-0.15, -0.1) is 0 Å². The van der Waals surface area contributed by atoms with Crippen LogP contribution in [0.5, 0.6) is 0 Å². The summed E-state index contributed by atoms with van der Waals surface area (Å²) < 4.78 is 5.52. The number of alkyl carbamates (subject to hydrolysis) is 1. The van der Waals surface area contributed by atoms with Crippen molar-refractivity contribution in [3.05, 3.63) is 22.3 Å². The SMILES string of the molecule is CC(C)(C)OC(=O)NC(=N)NC(=O)c1cc(Br)cnc1N. The summed E-state index contributed by atoms with van der Waals surface area (Å²) in [6.07, 6.45) is 0.601. The largest absolute Gasteiger partial charge is 0.444 e. The van der Waals surface area contributed by atoms with Crippen molar-refractivity contribution in [1.82, 2.24) is 15.6 Å². The second-order valence-electron chi connectivity index (χ2n) is 5.04. The molecule has 0 fully saturated rings. The summed E-state index contributed by atoms with van der Waals surface area (Å²) in [6.45, 7) is 5.05. The molecule has 0 aliphatic rings. The fourth-order valence-corrected chi connectivity index (χ4v) is 1.58. The monoisotopic (exact) mass is 357 g/mol. The lowest BCUT2D eigenvalue weighted by Gasteiger charge is -2.19. The third kappa shape index (κ3) is 5.78. The molecule has 0 spiro atoms. The summed E-state index contributed by atoms with van der Waals surface area (Å²) in [5, 5.41) is 11.8. The molecule has 1 heterocycles. The van der Waals surface area contributed by atoms with Crippen LogP contribution in [-0.2, 0) is 4.74 Å². The predicted octanol–water partition coefficient (Wildman–Crippen LogP) is 1.62. The van der Waals surface area contributed by atoms with Crippen molar-refractivity contribution in [2.24, 2.45) is 0 Å². The van der Waals surface area contributed by atoms with Crippen LogP contribution in [0.25, 0.3) is 0 Å². The number of nitrogens with zero attached hydrogens (tertiary/aromatic N) is 1. The number of hydrogen-bond donors (Lipinski definition) is 4. The van der Waals surface area contributed by atoms with E-state index in [2.05, 4.69) is 31.5 Å². The van der Waals surface area contributed by atoms with Crippen LogP contribution in [0.15, 0.2) is 16.7 Å². The van der Waals surface area contributed by atoms with E-state index in [1.54, 1.807) is 20.8 Å². The molecule has 0 unspecified atom stereocenters. The first-order valence-corrected chi connectivity index (χ1v) is 6.68. The Morgan fingerprint density at radius 3 is 2.57 bits per heavy atom. The van der Waals surface area contributed by atoms with Crippen molar-refractivity contribution in [2.75, 3.05) is 5.73 Å². The summed E-state index contributed by atoms with van der Waals surface area (Å²) in [5.74, 6) is -1.17. The highest BCUT2D eigenvalue weighted by atomic mass is 79.9. The molecule has 2 amide bonds. The van der Waals surface area contributed by atoms with Gasteiger partial charge in [-0.1, -0.05) is 0 Å². The van der Waals surface area contributed by atoms with Crippen LogP contribution in [0, 0.1) is 5.41 Å². The van der Waals surface area contributed by atoms with Gasteiger partial charge in [0.15, 0.2) is 0 Å². The number of anilines is 1. The van der Waals surface area contributed by atoms with Crippen molar-refractivity contribution >= 4 is 39.7 Å². The molecule has 0 aliphatic carbocycles. The Labute approximate surface area is 130 Å². The molecular weight excluding hydrogens is 342 g/mol. The molecule has 0 saturated carbocycles. The zero-order chi connectivity index (χ0) is 16.2. The van der Waals surface area contributed by atoms with Gasteiger partial charge in [0, 0.05) is 10.7 Å². The van der Waals surface area contributed by atoms with Crippen molar-refractivity contribution in [1.29, 1.82) is 5.41 Å². The van der Waals surface area contributed by atoms with Gasteiger partial charge >= 0.3 is 6.09 Å². The number of carbonyl (C=O) groups is 2. The fourth-order valence-electron chi connectivity index (χ4n) is 1.25. The van der Waals surface area contributed by atoms with Gasteiger partial charge < -0.3 is 10.5 Å². The molecule has 8 nitrogen and oxygen atoms in total. The maximum absolute atomic E-state index is 11.9.